The highest BCUT2D eigenvalue weighted by atomic mass is 16.5. The molecular weight excluding hydrogens is 374 g/mol. The van der Waals surface area contributed by atoms with Crippen LogP contribution >= 0.6 is 0 Å². The number of nitrogens with one attached hydrogen (secondary N) is 1. The molecular formula is C26H27NO3. The fourth-order valence-electron chi connectivity index (χ4n) is 3.42. The van der Waals surface area contributed by atoms with Gasteiger partial charge >= 0.3 is 0 Å². The molecule has 0 unspecified atom stereocenters. The molecule has 1 amide bonds. The van der Waals surface area contributed by atoms with E-state index in [1.165, 1.54) is 6.92 Å². The van der Waals surface area contributed by atoms with Gasteiger partial charge in [0.25, 0.3) is 0 Å². The Bertz CT molecular complexity index is 944. The summed E-state index contributed by atoms with van der Waals surface area (Å²) in [6.07, 6.45) is 0.928. The monoisotopic (exact) mass is 401 g/mol. The SMILES string of the molecule is CC(=O)c1cccc(OCCCC(=O)NC(C)(c2ccccc2)c2ccccc2)c1. The summed E-state index contributed by atoms with van der Waals surface area (Å²) in [6, 6.07) is 27.0. The van der Waals surface area contributed by atoms with Crippen molar-refractivity contribution in [2.24, 2.45) is 0 Å². The molecule has 0 atom stereocenters. The number of carbonyl (C=O) groups is 2. The number of benzene rings is 3. The normalized spacial score (nSPS) is 11.0. The summed E-state index contributed by atoms with van der Waals surface area (Å²) in [6.45, 7) is 3.96. The Morgan fingerprint density at radius 2 is 1.47 bits per heavy atom. The Hall–Kier alpha value is -3.40. The lowest BCUT2D eigenvalue weighted by atomic mass is 9.84. The molecule has 0 bridgehead atoms. The molecule has 0 aliphatic rings. The minimum Gasteiger partial charge on any atom is -0.494 e. The van der Waals surface area contributed by atoms with E-state index in [4.69, 9.17) is 4.74 Å². The Balaban J connectivity index is 1.60. The van der Waals surface area contributed by atoms with E-state index < -0.39 is 5.54 Å². The molecule has 0 spiro atoms. The zero-order valence-corrected chi connectivity index (χ0v) is 17.4. The van der Waals surface area contributed by atoms with E-state index in [9.17, 15) is 9.59 Å². The molecule has 154 valence electrons. The highest BCUT2D eigenvalue weighted by molar-refractivity contribution is 5.94. The van der Waals surface area contributed by atoms with Crippen LogP contribution in [0.4, 0.5) is 0 Å². The first kappa shape index (κ1) is 21.3. The zero-order chi connectivity index (χ0) is 21.4. The molecule has 0 fully saturated rings. The Morgan fingerprint density at radius 1 is 0.867 bits per heavy atom. The zero-order valence-electron chi connectivity index (χ0n) is 17.4. The van der Waals surface area contributed by atoms with Crippen LogP contribution in [0.5, 0.6) is 5.75 Å². The van der Waals surface area contributed by atoms with Gasteiger partial charge in [0, 0.05) is 12.0 Å². The van der Waals surface area contributed by atoms with Crippen LogP contribution in [-0.2, 0) is 10.3 Å². The molecule has 4 heteroatoms. The lowest BCUT2D eigenvalue weighted by molar-refractivity contribution is -0.122. The van der Waals surface area contributed by atoms with Crippen molar-refractivity contribution in [2.75, 3.05) is 6.61 Å². The van der Waals surface area contributed by atoms with Crippen molar-refractivity contribution in [3.8, 4) is 5.75 Å². The molecule has 4 nitrogen and oxygen atoms in total. The van der Waals surface area contributed by atoms with Gasteiger partial charge in [-0.3, -0.25) is 9.59 Å². The van der Waals surface area contributed by atoms with Crippen molar-refractivity contribution < 1.29 is 14.3 Å². The van der Waals surface area contributed by atoms with Crippen LogP contribution < -0.4 is 10.1 Å². The fourth-order valence-corrected chi connectivity index (χ4v) is 3.42. The smallest absolute Gasteiger partial charge is 0.221 e. The second-order valence-corrected chi connectivity index (χ2v) is 7.44. The lowest BCUT2D eigenvalue weighted by Gasteiger charge is -2.32. The van der Waals surface area contributed by atoms with Gasteiger partial charge in [0.2, 0.25) is 5.91 Å². The molecule has 3 rings (SSSR count). The van der Waals surface area contributed by atoms with Gasteiger partial charge in [-0.25, -0.2) is 0 Å². The van der Waals surface area contributed by atoms with Crippen LogP contribution in [0.2, 0.25) is 0 Å². The minimum absolute atomic E-state index is 0.000868. The predicted molar refractivity (Wildman–Crippen MR) is 119 cm³/mol. The van der Waals surface area contributed by atoms with Crippen LogP contribution in [0, 0.1) is 0 Å². The van der Waals surface area contributed by atoms with E-state index in [0.29, 0.717) is 30.8 Å². The van der Waals surface area contributed by atoms with Crippen molar-refractivity contribution in [1.82, 2.24) is 5.32 Å². The number of ketones is 1. The van der Waals surface area contributed by atoms with E-state index in [1.54, 1.807) is 18.2 Å². The van der Waals surface area contributed by atoms with Crippen molar-refractivity contribution in [3.63, 3.8) is 0 Å². The Kier molecular flexibility index (Phi) is 7.02. The van der Waals surface area contributed by atoms with Crippen molar-refractivity contribution in [3.05, 3.63) is 102 Å². The molecule has 0 saturated carbocycles. The number of hydrogen-bond acceptors (Lipinski definition) is 3. The second kappa shape index (κ2) is 9.88. The van der Waals surface area contributed by atoms with Crippen LogP contribution in [0.1, 0.15) is 48.2 Å². The van der Waals surface area contributed by atoms with Gasteiger partial charge in [-0.15, -0.1) is 0 Å². The maximum atomic E-state index is 12.7. The Morgan fingerprint density at radius 3 is 2.03 bits per heavy atom. The number of Topliss-reactive ketones (excluding diaryl/α,β-unsaturated/α-hetero) is 1. The summed E-state index contributed by atoms with van der Waals surface area (Å²) < 4.78 is 5.71. The molecule has 3 aromatic carbocycles. The highest BCUT2D eigenvalue weighted by Gasteiger charge is 2.30. The number of ether oxygens (including phenoxy) is 1. The third-order valence-electron chi connectivity index (χ3n) is 5.15. The second-order valence-electron chi connectivity index (χ2n) is 7.44. The van der Waals surface area contributed by atoms with Gasteiger partial charge < -0.3 is 10.1 Å². The van der Waals surface area contributed by atoms with Gasteiger partial charge in [0.05, 0.1) is 12.1 Å². The van der Waals surface area contributed by atoms with Gasteiger partial charge in [-0.1, -0.05) is 72.8 Å². The first-order valence-corrected chi connectivity index (χ1v) is 10.1. The summed E-state index contributed by atoms with van der Waals surface area (Å²) in [7, 11) is 0. The summed E-state index contributed by atoms with van der Waals surface area (Å²) >= 11 is 0. The maximum Gasteiger partial charge on any atom is 0.221 e. The van der Waals surface area contributed by atoms with Gasteiger partial charge in [0.15, 0.2) is 5.78 Å². The third-order valence-corrected chi connectivity index (χ3v) is 5.15. The topological polar surface area (TPSA) is 55.4 Å². The maximum absolute atomic E-state index is 12.7. The predicted octanol–water partition coefficient (Wildman–Crippen LogP) is 5.13. The average Bonchev–Trinajstić information content (AvgIpc) is 2.78. The van der Waals surface area contributed by atoms with Crippen molar-refractivity contribution in [2.45, 2.75) is 32.2 Å². The van der Waals surface area contributed by atoms with E-state index in [2.05, 4.69) is 5.32 Å². The lowest BCUT2D eigenvalue weighted by Crippen LogP contribution is -2.44. The number of amides is 1. The number of rotatable bonds is 9. The molecule has 30 heavy (non-hydrogen) atoms. The van der Waals surface area contributed by atoms with Gasteiger partial charge in [-0.2, -0.15) is 0 Å². The van der Waals surface area contributed by atoms with Gasteiger partial charge in [-0.05, 0) is 43.5 Å². The molecule has 0 aliphatic heterocycles. The summed E-state index contributed by atoms with van der Waals surface area (Å²) in [4.78, 5) is 24.2. The van der Waals surface area contributed by atoms with E-state index in [-0.39, 0.29) is 11.7 Å². The van der Waals surface area contributed by atoms with Crippen LogP contribution in [-0.4, -0.2) is 18.3 Å². The third kappa shape index (κ3) is 5.35. The molecule has 0 aliphatic carbocycles. The van der Waals surface area contributed by atoms with Crippen molar-refractivity contribution >= 4 is 11.7 Å². The largest absolute Gasteiger partial charge is 0.494 e. The van der Waals surface area contributed by atoms with E-state index >= 15 is 0 Å². The quantitative estimate of drug-likeness (QED) is 0.400. The van der Waals surface area contributed by atoms with E-state index in [0.717, 1.165) is 11.1 Å². The standard InChI is InChI=1S/C26H27NO3/c1-20(28)21-11-9-16-24(19-21)30-18-10-17-25(29)27-26(2,22-12-5-3-6-13-22)23-14-7-4-8-15-23/h3-9,11-16,19H,10,17-18H2,1-2H3,(H,27,29). The minimum atomic E-state index is -0.615. The van der Waals surface area contributed by atoms with Gasteiger partial charge in [0.1, 0.15) is 5.75 Å². The summed E-state index contributed by atoms with van der Waals surface area (Å²) in [5.41, 5.74) is 2.06. The summed E-state index contributed by atoms with van der Waals surface area (Å²) in [5, 5.41) is 3.21. The fraction of sp³-hybridized carbons (Fsp3) is 0.231. The molecule has 0 aromatic heterocycles. The van der Waals surface area contributed by atoms with Crippen LogP contribution in [0.15, 0.2) is 84.9 Å². The summed E-state index contributed by atoms with van der Waals surface area (Å²) in [5.74, 6) is 0.605. The highest BCUT2D eigenvalue weighted by Crippen LogP contribution is 2.29. The molecule has 1 N–H and O–H groups in total. The molecule has 0 saturated heterocycles. The molecule has 0 radical (unpaired) electrons. The first-order valence-electron chi connectivity index (χ1n) is 10.1. The van der Waals surface area contributed by atoms with E-state index in [1.807, 2.05) is 73.7 Å². The number of carbonyl (C=O) groups excluding carboxylic acids is 2. The van der Waals surface area contributed by atoms with Crippen LogP contribution in [0.3, 0.4) is 0 Å². The average molecular weight is 402 g/mol. The van der Waals surface area contributed by atoms with Crippen LogP contribution in [0.25, 0.3) is 0 Å². The number of hydrogen-bond donors (Lipinski definition) is 1. The van der Waals surface area contributed by atoms with Crippen molar-refractivity contribution in [1.29, 1.82) is 0 Å². The molecule has 3 aromatic rings. The first-order chi connectivity index (χ1) is 14.5. The molecule has 0 heterocycles. The Labute approximate surface area is 177 Å².